The molecule has 7 nitrogen and oxygen atoms in total. The molecule has 0 radical (unpaired) electrons. The molecular weight excluding hydrogens is 366 g/mol. The molecule has 0 saturated carbocycles. The van der Waals surface area contributed by atoms with Gasteiger partial charge in [-0.15, -0.1) is 11.8 Å². The number of nitro benzene ring substituents is 1. The summed E-state index contributed by atoms with van der Waals surface area (Å²) in [5.41, 5.74) is 1.27. The summed E-state index contributed by atoms with van der Waals surface area (Å²) in [6.07, 6.45) is 3.38. The van der Waals surface area contributed by atoms with Crippen LogP contribution in [0.4, 0.5) is 5.69 Å². The summed E-state index contributed by atoms with van der Waals surface area (Å²) in [5, 5.41) is 16.1. The third-order valence-corrected chi connectivity index (χ3v) is 4.30. The standard InChI is InChI=1S/C19H19N3O4S/c1-13(23)21-18(11-15-4-3-5-16(10-15)22(25)26)19(24)20-12-14-6-8-17(27-2)9-7-14/h3-11H,12H2,1-2H3,(H,20,24)(H,21,23)/b18-11-. The molecule has 140 valence electrons. The Morgan fingerprint density at radius 2 is 1.89 bits per heavy atom. The lowest BCUT2D eigenvalue weighted by atomic mass is 10.1. The average Bonchev–Trinajstić information content (AvgIpc) is 2.65. The second-order valence-corrected chi connectivity index (χ2v) is 6.50. The summed E-state index contributed by atoms with van der Waals surface area (Å²) in [6, 6.07) is 13.6. The lowest BCUT2D eigenvalue weighted by Crippen LogP contribution is -2.33. The maximum atomic E-state index is 12.5. The number of thioether (sulfide) groups is 1. The van der Waals surface area contributed by atoms with Gasteiger partial charge in [0, 0.05) is 30.5 Å². The summed E-state index contributed by atoms with van der Waals surface area (Å²) < 4.78 is 0. The Bertz CT molecular complexity index is 879. The fraction of sp³-hybridized carbons (Fsp3) is 0.158. The monoisotopic (exact) mass is 385 g/mol. The van der Waals surface area contributed by atoms with E-state index >= 15 is 0 Å². The highest BCUT2D eigenvalue weighted by atomic mass is 32.2. The van der Waals surface area contributed by atoms with Gasteiger partial charge in [-0.2, -0.15) is 0 Å². The van der Waals surface area contributed by atoms with Crippen LogP contribution in [0, 0.1) is 10.1 Å². The Labute approximate surface area is 161 Å². The van der Waals surface area contributed by atoms with E-state index in [0.717, 1.165) is 10.5 Å². The fourth-order valence-corrected chi connectivity index (χ4v) is 2.67. The van der Waals surface area contributed by atoms with Crippen LogP contribution in [0.15, 0.2) is 59.1 Å². The molecule has 2 rings (SSSR count). The van der Waals surface area contributed by atoms with E-state index in [4.69, 9.17) is 0 Å². The highest BCUT2D eigenvalue weighted by molar-refractivity contribution is 7.98. The van der Waals surface area contributed by atoms with Crippen LogP contribution in [-0.4, -0.2) is 23.0 Å². The van der Waals surface area contributed by atoms with Crippen LogP contribution in [0.5, 0.6) is 0 Å². The minimum Gasteiger partial charge on any atom is -0.347 e. The smallest absolute Gasteiger partial charge is 0.270 e. The van der Waals surface area contributed by atoms with Crippen LogP contribution < -0.4 is 10.6 Å². The van der Waals surface area contributed by atoms with E-state index < -0.39 is 16.7 Å². The van der Waals surface area contributed by atoms with Gasteiger partial charge in [-0.25, -0.2) is 0 Å². The summed E-state index contributed by atoms with van der Waals surface area (Å²) in [6.45, 7) is 1.58. The molecule has 0 aromatic heterocycles. The number of amides is 2. The zero-order chi connectivity index (χ0) is 19.8. The predicted octanol–water partition coefficient (Wildman–Crippen LogP) is 3.11. The quantitative estimate of drug-likeness (QED) is 0.330. The molecule has 0 saturated heterocycles. The number of carbonyl (C=O) groups is 2. The minimum absolute atomic E-state index is 0.0173. The molecule has 0 aliphatic carbocycles. The highest BCUT2D eigenvalue weighted by Crippen LogP contribution is 2.16. The molecule has 2 aromatic rings. The van der Waals surface area contributed by atoms with E-state index in [1.54, 1.807) is 17.8 Å². The second kappa shape index (κ2) is 9.54. The first kappa shape index (κ1) is 20.2. The summed E-state index contributed by atoms with van der Waals surface area (Å²) in [4.78, 5) is 35.4. The van der Waals surface area contributed by atoms with Gasteiger partial charge >= 0.3 is 0 Å². The molecule has 0 aliphatic heterocycles. The first-order chi connectivity index (χ1) is 12.9. The molecule has 27 heavy (non-hydrogen) atoms. The lowest BCUT2D eigenvalue weighted by molar-refractivity contribution is -0.384. The zero-order valence-corrected chi connectivity index (χ0v) is 15.7. The number of rotatable bonds is 7. The predicted molar refractivity (Wildman–Crippen MR) is 105 cm³/mol. The normalized spacial score (nSPS) is 11.0. The molecule has 0 bridgehead atoms. The number of carbonyl (C=O) groups excluding carboxylic acids is 2. The van der Waals surface area contributed by atoms with Crippen molar-refractivity contribution in [3.05, 3.63) is 75.5 Å². The van der Waals surface area contributed by atoms with Crippen molar-refractivity contribution in [1.82, 2.24) is 10.6 Å². The van der Waals surface area contributed by atoms with Crippen LogP contribution in [0.3, 0.4) is 0 Å². The van der Waals surface area contributed by atoms with Crippen molar-refractivity contribution in [2.24, 2.45) is 0 Å². The van der Waals surface area contributed by atoms with Gasteiger partial charge in [-0.1, -0.05) is 24.3 Å². The van der Waals surface area contributed by atoms with Crippen LogP contribution in [0.1, 0.15) is 18.1 Å². The maximum absolute atomic E-state index is 12.5. The third-order valence-electron chi connectivity index (χ3n) is 3.56. The van der Waals surface area contributed by atoms with Gasteiger partial charge in [0.05, 0.1) is 4.92 Å². The Kier molecular flexibility index (Phi) is 7.13. The van der Waals surface area contributed by atoms with Crippen molar-refractivity contribution in [1.29, 1.82) is 0 Å². The molecule has 8 heteroatoms. The van der Waals surface area contributed by atoms with E-state index in [0.29, 0.717) is 12.1 Å². The summed E-state index contributed by atoms with van der Waals surface area (Å²) in [5.74, 6) is -0.892. The molecule has 2 amide bonds. The maximum Gasteiger partial charge on any atom is 0.270 e. The Morgan fingerprint density at radius 3 is 2.48 bits per heavy atom. The molecule has 2 aromatic carbocycles. The number of hydrogen-bond acceptors (Lipinski definition) is 5. The molecular formula is C19H19N3O4S. The van der Waals surface area contributed by atoms with Crippen molar-refractivity contribution in [3.8, 4) is 0 Å². The molecule has 0 unspecified atom stereocenters. The fourth-order valence-electron chi connectivity index (χ4n) is 2.26. The molecule has 0 heterocycles. The molecule has 0 aliphatic rings. The van der Waals surface area contributed by atoms with Gasteiger partial charge < -0.3 is 10.6 Å². The Hall–Kier alpha value is -3.13. The van der Waals surface area contributed by atoms with Crippen molar-refractivity contribution in [2.45, 2.75) is 18.4 Å². The first-order valence-corrected chi connectivity index (χ1v) is 9.26. The average molecular weight is 385 g/mol. The van der Waals surface area contributed by atoms with Gasteiger partial charge in [0.1, 0.15) is 5.70 Å². The van der Waals surface area contributed by atoms with Gasteiger partial charge in [-0.05, 0) is 35.6 Å². The topological polar surface area (TPSA) is 101 Å². The van der Waals surface area contributed by atoms with Crippen molar-refractivity contribution in [3.63, 3.8) is 0 Å². The van der Waals surface area contributed by atoms with Gasteiger partial charge in [0.25, 0.3) is 11.6 Å². The Balaban J connectivity index is 2.16. The summed E-state index contributed by atoms with van der Waals surface area (Å²) >= 11 is 1.63. The number of hydrogen-bond donors (Lipinski definition) is 2. The molecule has 0 spiro atoms. The largest absolute Gasteiger partial charge is 0.347 e. The van der Waals surface area contributed by atoms with Crippen LogP contribution in [0.25, 0.3) is 6.08 Å². The number of nitrogens with zero attached hydrogens (tertiary/aromatic N) is 1. The van der Waals surface area contributed by atoms with Crippen molar-refractivity contribution in [2.75, 3.05) is 6.26 Å². The number of nitro groups is 1. The van der Waals surface area contributed by atoms with E-state index in [2.05, 4.69) is 10.6 Å². The molecule has 2 N–H and O–H groups in total. The van der Waals surface area contributed by atoms with Gasteiger partial charge in [0.2, 0.25) is 5.91 Å². The lowest BCUT2D eigenvalue weighted by Gasteiger charge is -2.10. The van der Waals surface area contributed by atoms with E-state index in [1.807, 2.05) is 30.5 Å². The first-order valence-electron chi connectivity index (χ1n) is 8.04. The van der Waals surface area contributed by atoms with Gasteiger partial charge in [-0.3, -0.25) is 19.7 Å². The molecule has 0 fully saturated rings. The third kappa shape index (κ3) is 6.27. The van der Waals surface area contributed by atoms with Crippen LogP contribution in [0.2, 0.25) is 0 Å². The van der Waals surface area contributed by atoms with Gasteiger partial charge in [0.15, 0.2) is 0 Å². The zero-order valence-electron chi connectivity index (χ0n) is 14.9. The van der Waals surface area contributed by atoms with Crippen LogP contribution in [-0.2, 0) is 16.1 Å². The SMILES string of the molecule is CSc1ccc(CNC(=O)/C(=C/c2cccc([N+](=O)[O-])c2)NC(C)=O)cc1. The van der Waals surface area contributed by atoms with E-state index in [1.165, 1.54) is 31.2 Å². The van der Waals surface area contributed by atoms with Crippen LogP contribution >= 0.6 is 11.8 Å². The highest BCUT2D eigenvalue weighted by Gasteiger charge is 2.12. The van der Waals surface area contributed by atoms with Crippen molar-refractivity contribution >= 4 is 35.3 Å². The second-order valence-electron chi connectivity index (χ2n) is 5.62. The number of benzene rings is 2. The molecule has 0 atom stereocenters. The Morgan fingerprint density at radius 1 is 1.19 bits per heavy atom. The van der Waals surface area contributed by atoms with E-state index in [9.17, 15) is 19.7 Å². The minimum atomic E-state index is -0.520. The number of nitrogens with one attached hydrogen (secondary N) is 2. The van der Waals surface area contributed by atoms with Crippen molar-refractivity contribution < 1.29 is 14.5 Å². The van der Waals surface area contributed by atoms with E-state index in [-0.39, 0.29) is 11.4 Å². The number of non-ortho nitro benzene ring substituents is 1. The summed E-state index contributed by atoms with van der Waals surface area (Å²) in [7, 11) is 0.